The zero-order valence-corrected chi connectivity index (χ0v) is 14.7. The van der Waals surface area contributed by atoms with Gasteiger partial charge in [-0.15, -0.1) is 0 Å². The van der Waals surface area contributed by atoms with Gasteiger partial charge in [0.25, 0.3) is 0 Å². The summed E-state index contributed by atoms with van der Waals surface area (Å²) in [6, 6.07) is -0.278. The molecule has 0 radical (unpaired) electrons. The van der Waals surface area contributed by atoms with Crippen molar-refractivity contribution in [3.05, 3.63) is 0 Å². The van der Waals surface area contributed by atoms with Crippen LogP contribution in [0.2, 0.25) is 0 Å². The van der Waals surface area contributed by atoms with Crippen LogP contribution in [0.15, 0.2) is 0 Å². The predicted molar refractivity (Wildman–Crippen MR) is 88.9 cm³/mol. The van der Waals surface area contributed by atoms with Gasteiger partial charge in [-0.1, -0.05) is 19.8 Å². The third-order valence-electron chi connectivity index (χ3n) is 3.64. The Bertz CT molecular complexity index is 426. The molecule has 0 aromatic carbocycles. The summed E-state index contributed by atoms with van der Waals surface area (Å²) in [5.41, 5.74) is -0.306. The quantitative estimate of drug-likeness (QED) is 0.679. The summed E-state index contributed by atoms with van der Waals surface area (Å²) >= 11 is 0. The van der Waals surface area contributed by atoms with E-state index in [-0.39, 0.29) is 30.6 Å². The molecule has 0 aromatic heterocycles. The lowest BCUT2D eigenvalue weighted by Gasteiger charge is -2.24. The maximum absolute atomic E-state index is 11.9. The molecule has 1 rings (SSSR count). The molecule has 1 fully saturated rings. The molecule has 1 saturated carbocycles. The Hall–Kier alpha value is -1.63. The van der Waals surface area contributed by atoms with E-state index in [4.69, 9.17) is 0 Å². The number of carbonyl (C=O) groups excluding carboxylic acids is 3. The summed E-state index contributed by atoms with van der Waals surface area (Å²) in [5, 5.41) is 7.99. The highest BCUT2D eigenvalue weighted by molar-refractivity contribution is 5.95. The van der Waals surface area contributed by atoms with Crippen molar-refractivity contribution < 1.29 is 14.4 Å². The van der Waals surface area contributed by atoms with Crippen molar-refractivity contribution in [2.24, 2.45) is 0 Å². The Morgan fingerprint density at radius 1 is 1.04 bits per heavy atom. The van der Waals surface area contributed by atoms with Crippen molar-refractivity contribution in [3.8, 4) is 0 Å². The maximum Gasteiger partial charge on any atom is 0.321 e. The van der Waals surface area contributed by atoms with Crippen LogP contribution in [-0.4, -0.2) is 54.0 Å². The van der Waals surface area contributed by atoms with Crippen molar-refractivity contribution in [2.75, 3.05) is 19.6 Å². The molecule has 23 heavy (non-hydrogen) atoms. The number of nitrogens with zero attached hydrogens (tertiary/aromatic N) is 1. The van der Waals surface area contributed by atoms with Crippen LogP contribution in [0.4, 0.5) is 4.79 Å². The minimum absolute atomic E-state index is 0.0200. The molecule has 1 aliphatic carbocycles. The summed E-state index contributed by atoms with van der Waals surface area (Å²) in [5.74, 6) is -0.534. The first-order chi connectivity index (χ1) is 10.7. The van der Waals surface area contributed by atoms with Crippen molar-refractivity contribution in [1.29, 1.82) is 0 Å². The Morgan fingerprint density at radius 2 is 1.61 bits per heavy atom. The van der Waals surface area contributed by atoms with Gasteiger partial charge in [-0.05, 0) is 40.2 Å². The zero-order chi connectivity index (χ0) is 17.5. The smallest absolute Gasteiger partial charge is 0.321 e. The van der Waals surface area contributed by atoms with E-state index in [9.17, 15) is 14.4 Å². The minimum atomic E-state index is -0.447. The lowest BCUT2D eigenvalue weighted by atomic mass is 10.1. The van der Waals surface area contributed by atoms with E-state index in [0.29, 0.717) is 6.54 Å². The Labute approximate surface area is 138 Å². The summed E-state index contributed by atoms with van der Waals surface area (Å²) in [6.45, 7) is 8.28. The third-order valence-corrected chi connectivity index (χ3v) is 3.64. The normalized spacial score (nSPS) is 15.5. The number of imide groups is 1. The van der Waals surface area contributed by atoms with Crippen molar-refractivity contribution in [1.82, 2.24) is 20.9 Å². The molecule has 0 atom stereocenters. The Morgan fingerprint density at radius 3 is 2.13 bits per heavy atom. The Kier molecular flexibility index (Phi) is 7.48. The van der Waals surface area contributed by atoms with E-state index in [1.54, 1.807) is 4.90 Å². The number of hydrogen-bond donors (Lipinski definition) is 3. The number of urea groups is 1. The monoisotopic (exact) mass is 326 g/mol. The van der Waals surface area contributed by atoms with Crippen molar-refractivity contribution >= 4 is 17.8 Å². The van der Waals surface area contributed by atoms with E-state index >= 15 is 0 Å². The fourth-order valence-corrected chi connectivity index (χ4v) is 2.60. The average Bonchev–Trinajstić information content (AvgIpc) is 2.87. The van der Waals surface area contributed by atoms with Gasteiger partial charge in [-0.2, -0.15) is 0 Å². The molecule has 0 unspecified atom stereocenters. The lowest BCUT2D eigenvalue weighted by molar-refractivity contribution is -0.125. The fourth-order valence-electron chi connectivity index (χ4n) is 2.60. The number of carbonyl (C=O) groups is 3. The number of amides is 4. The van der Waals surface area contributed by atoms with Crippen LogP contribution >= 0.6 is 0 Å². The topological polar surface area (TPSA) is 90.5 Å². The second kappa shape index (κ2) is 8.86. The molecule has 1 aliphatic rings. The van der Waals surface area contributed by atoms with Gasteiger partial charge in [0, 0.05) is 11.6 Å². The summed E-state index contributed by atoms with van der Waals surface area (Å²) in [7, 11) is 0. The van der Waals surface area contributed by atoms with E-state index in [1.165, 1.54) is 0 Å². The molecule has 7 nitrogen and oxygen atoms in total. The molecule has 7 heteroatoms. The van der Waals surface area contributed by atoms with Crippen LogP contribution < -0.4 is 16.0 Å². The first-order valence-electron chi connectivity index (χ1n) is 8.33. The van der Waals surface area contributed by atoms with E-state index in [0.717, 1.165) is 25.7 Å². The molecule has 0 heterocycles. The van der Waals surface area contributed by atoms with Crippen LogP contribution in [0.3, 0.4) is 0 Å². The number of likely N-dealkylation sites (N-methyl/N-ethyl adjacent to an activating group) is 1. The molecule has 0 aromatic rings. The molecular formula is C16H30N4O3. The fraction of sp³-hybridized carbons (Fsp3) is 0.812. The van der Waals surface area contributed by atoms with E-state index in [1.807, 2.05) is 27.7 Å². The van der Waals surface area contributed by atoms with Crippen molar-refractivity contribution in [2.45, 2.75) is 65.0 Å². The molecule has 0 aliphatic heterocycles. The van der Waals surface area contributed by atoms with Gasteiger partial charge < -0.3 is 10.6 Å². The molecule has 0 saturated heterocycles. The number of hydrogen-bond acceptors (Lipinski definition) is 4. The van der Waals surface area contributed by atoms with E-state index in [2.05, 4.69) is 16.0 Å². The summed E-state index contributed by atoms with van der Waals surface area (Å²) in [4.78, 5) is 37.3. The maximum atomic E-state index is 11.9. The molecule has 4 amide bonds. The second-order valence-electron chi connectivity index (χ2n) is 7.10. The van der Waals surface area contributed by atoms with Gasteiger partial charge in [-0.25, -0.2) is 4.79 Å². The van der Waals surface area contributed by atoms with Crippen LogP contribution in [-0.2, 0) is 9.59 Å². The first kappa shape index (κ1) is 19.4. The van der Waals surface area contributed by atoms with Gasteiger partial charge >= 0.3 is 6.03 Å². The van der Waals surface area contributed by atoms with Gasteiger partial charge in [0.15, 0.2) is 0 Å². The van der Waals surface area contributed by atoms with Crippen LogP contribution in [0, 0.1) is 0 Å². The van der Waals surface area contributed by atoms with Gasteiger partial charge in [0.05, 0.1) is 13.1 Å². The van der Waals surface area contributed by atoms with Gasteiger partial charge in [0.2, 0.25) is 11.8 Å². The average molecular weight is 326 g/mol. The van der Waals surface area contributed by atoms with E-state index < -0.39 is 11.9 Å². The highest BCUT2D eigenvalue weighted by atomic mass is 16.2. The SMILES string of the molecule is CCN(CC(=O)NC(=O)NC1CCCC1)CC(=O)NC(C)(C)C. The molecular weight excluding hydrogens is 296 g/mol. The van der Waals surface area contributed by atoms with Gasteiger partial charge in [0.1, 0.15) is 0 Å². The molecule has 0 spiro atoms. The van der Waals surface area contributed by atoms with Crippen LogP contribution in [0.5, 0.6) is 0 Å². The summed E-state index contributed by atoms with van der Waals surface area (Å²) < 4.78 is 0. The third kappa shape index (κ3) is 8.54. The molecule has 3 N–H and O–H groups in total. The van der Waals surface area contributed by atoms with Crippen molar-refractivity contribution in [3.63, 3.8) is 0 Å². The number of rotatable bonds is 6. The minimum Gasteiger partial charge on any atom is -0.350 e. The second-order valence-corrected chi connectivity index (χ2v) is 7.10. The van der Waals surface area contributed by atoms with Crippen LogP contribution in [0.25, 0.3) is 0 Å². The Balaban J connectivity index is 2.34. The number of nitrogens with one attached hydrogen (secondary N) is 3. The highest BCUT2D eigenvalue weighted by Gasteiger charge is 2.20. The highest BCUT2D eigenvalue weighted by Crippen LogP contribution is 2.17. The largest absolute Gasteiger partial charge is 0.350 e. The summed E-state index contributed by atoms with van der Waals surface area (Å²) in [6.07, 6.45) is 4.17. The standard InChI is InChI=1S/C16H30N4O3/c1-5-20(11-14(22)19-16(2,3)4)10-13(21)18-15(23)17-12-8-6-7-9-12/h12H,5-11H2,1-4H3,(H,19,22)(H2,17,18,21,23). The van der Waals surface area contributed by atoms with Crippen LogP contribution in [0.1, 0.15) is 53.4 Å². The first-order valence-corrected chi connectivity index (χ1v) is 8.33. The molecule has 132 valence electrons. The predicted octanol–water partition coefficient (Wildman–Crippen LogP) is 0.991. The molecule has 0 bridgehead atoms. The zero-order valence-electron chi connectivity index (χ0n) is 14.7. The lowest BCUT2D eigenvalue weighted by Crippen LogP contribution is -2.50. The van der Waals surface area contributed by atoms with Gasteiger partial charge in [-0.3, -0.25) is 19.8 Å².